The van der Waals surface area contributed by atoms with Crippen LogP contribution in [0.4, 0.5) is 0 Å². The van der Waals surface area contributed by atoms with Crippen LogP contribution >= 0.6 is 0 Å². The Bertz CT molecular complexity index is 309. The molecular formula is C15H28O3. The first-order valence-electron chi connectivity index (χ1n) is 7.29. The summed E-state index contributed by atoms with van der Waals surface area (Å²) in [6.45, 7) is 7.93. The van der Waals surface area contributed by atoms with Crippen molar-refractivity contribution >= 4 is 0 Å². The van der Waals surface area contributed by atoms with E-state index in [1.54, 1.807) is 0 Å². The average Bonchev–Trinajstić information content (AvgIpc) is 2.48. The van der Waals surface area contributed by atoms with Gasteiger partial charge < -0.3 is 15.3 Å². The van der Waals surface area contributed by atoms with Crippen molar-refractivity contribution in [2.24, 2.45) is 23.7 Å². The van der Waals surface area contributed by atoms with E-state index in [0.29, 0.717) is 12.3 Å². The molecule has 3 N–H and O–H groups in total. The monoisotopic (exact) mass is 256 g/mol. The molecule has 0 aromatic heterocycles. The number of aliphatic hydroxyl groups excluding tert-OH is 1. The van der Waals surface area contributed by atoms with Crippen molar-refractivity contribution in [3.63, 3.8) is 0 Å². The van der Waals surface area contributed by atoms with Crippen molar-refractivity contribution in [3.05, 3.63) is 0 Å². The van der Waals surface area contributed by atoms with Gasteiger partial charge in [-0.2, -0.15) is 0 Å². The maximum atomic E-state index is 10.7. The molecule has 3 nitrogen and oxygen atoms in total. The minimum atomic E-state index is -0.842. The van der Waals surface area contributed by atoms with Gasteiger partial charge in [0, 0.05) is 5.92 Å². The molecule has 0 radical (unpaired) electrons. The Morgan fingerprint density at radius 1 is 1.00 bits per heavy atom. The summed E-state index contributed by atoms with van der Waals surface area (Å²) in [5.41, 5.74) is -1.60. The quantitative estimate of drug-likeness (QED) is 0.672. The smallest absolute Gasteiger partial charge is 0.0676 e. The van der Waals surface area contributed by atoms with E-state index in [1.165, 1.54) is 0 Å². The normalized spacial score (nSPS) is 53.3. The third kappa shape index (κ3) is 2.21. The Morgan fingerprint density at radius 3 is 2.11 bits per heavy atom. The minimum Gasteiger partial charge on any atom is -0.392 e. The van der Waals surface area contributed by atoms with Gasteiger partial charge in [0.25, 0.3) is 0 Å². The van der Waals surface area contributed by atoms with Crippen LogP contribution in [0.2, 0.25) is 0 Å². The summed E-state index contributed by atoms with van der Waals surface area (Å²) in [4.78, 5) is 0. The molecule has 0 bridgehead atoms. The van der Waals surface area contributed by atoms with Crippen LogP contribution in [0.3, 0.4) is 0 Å². The number of aliphatic hydroxyl groups is 3. The van der Waals surface area contributed by atoms with E-state index in [0.717, 1.165) is 19.3 Å². The Balaban J connectivity index is 2.36. The molecular weight excluding hydrogens is 228 g/mol. The Kier molecular flexibility index (Phi) is 3.54. The van der Waals surface area contributed by atoms with Crippen molar-refractivity contribution in [2.75, 3.05) is 0 Å². The van der Waals surface area contributed by atoms with Gasteiger partial charge in [0.05, 0.1) is 17.3 Å². The van der Waals surface area contributed by atoms with Crippen LogP contribution in [0.15, 0.2) is 0 Å². The number of hydrogen-bond donors (Lipinski definition) is 3. The zero-order chi connectivity index (χ0) is 13.7. The van der Waals surface area contributed by atoms with Crippen molar-refractivity contribution in [1.29, 1.82) is 0 Å². The lowest BCUT2D eigenvalue weighted by atomic mass is 9.73. The third-order valence-electron chi connectivity index (χ3n) is 5.56. The standard InChI is InChI=1S/C15H28O3/c1-9(2)10-5-7-14(3,17)11-6-8-15(4,18)12(11)13(10)16/h9-13,16-18H,5-8H2,1-4H3. The lowest BCUT2D eigenvalue weighted by Crippen LogP contribution is -2.47. The first kappa shape index (κ1) is 14.3. The summed E-state index contributed by atoms with van der Waals surface area (Å²) in [5, 5.41) is 31.9. The average molecular weight is 256 g/mol. The topological polar surface area (TPSA) is 60.7 Å². The van der Waals surface area contributed by atoms with Crippen LogP contribution in [-0.4, -0.2) is 32.6 Å². The molecule has 2 rings (SSSR count). The highest BCUT2D eigenvalue weighted by Gasteiger charge is 2.56. The Morgan fingerprint density at radius 2 is 1.56 bits per heavy atom. The third-order valence-corrected chi connectivity index (χ3v) is 5.56. The van der Waals surface area contributed by atoms with Gasteiger partial charge in [-0.3, -0.25) is 0 Å². The fourth-order valence-corrected chi connectivity index (χ4v) is 4.34. The molecule has 2 saturated carbocycles. The zero-order valence-electron chi connectivity index (χ0n) is 12.1. The second kappa shape index (κ2) is 4.46. The largest absolute Gasteiger partial charge is 0.392 e. The molecule has 2 aliphatic rings. The summed E-state index contributed by atoms with van der Waals surface area (Å²) in [7, 11) is 0. The van der Waals surface area contributed by atoms with Crippen molar-refractivity contribution < 1.29 is 15.3 Å². The Hall–Kier alpha value is -0.120. The SMILES string of the molecule is CC(C)C1CCC(C)(O)C2CCC(C)(O)C2C1O. The molecule has 0 amide bonds. The van der Waals surface area contributed by atoms with Crippen molar-refractivity contribution in [2.45, 2.75) is 70.7 Å². The van der Waals surface area contributed by atoms with Gasteiger partial charge in [-0.25, -0.2) is 0 Å². The van der Waals surface area contributed by atoms with E-state index in [1.807, 2.05) is 13.8 Å². The van der Waals surface area contributed by atoms with Crippen LogP contribution < -0.4 is 0 Å². The molecule has 106 valence electrons. The van der Waals surface area contributed by atoms with Crippen LogP contribution in [0.5, 0.6) is 0 Å². The second-order valence-corrected chi connectivity index (χ2v) is 7.32. The molecule has 0 aromatic rings. The van der Waals surface area contributed by atoms with Gasteiger partial charge >= 0.3 is 0 Å². The summed E-state index contributed by atoms with van der Waals surface area (Å²) < 4.78 is 0. The predicted molar refractivity (Wildman–Crippen MR) is 71.0 cm³/mol. The first-order valence-corrected chi connectivity index (χ1v) is 7.29. The summed E-state index contributed by atoms with van der Waals surface area (Å²) in [6, 6.07) is 0. The van der Waals surface area contributed by atoms with E-state index in [9.17, 15) is 15.3 Å². The van der Waals surface area contributed by atoms with Gasteiger partial charge in [0.2, 0.25) is 0 Å². The van der Waals surface area contributed by atoms with E-state index in [2.05, 4.69) is 13.8 Å². The van der Waals surface area contributed by atoms with Gasteiger partial charge in [-0.05, 0) is 57.3 Å². The van der Waals surface area contributed by atoms with Crippen LogP contribution in [0.1, 0.15) is 53.4 Å². The number of hydrogen-bond acceptors (Lipinski definition) is 3. The lowest BCUT2D eigenvalue weighted by Gasteiger charge is -2.39. The highest BCUT2D eigenvalue weighted by atomic mass is 16.3. The van der Waals surface area contributed by atoms with Crippen molar-refractivity contribution in [3.8, 4) is 0 Å². The van der Waals surface area contributed by atoms with Crippen LogP contribution in [0, 0.1) is 23.7 Å². The second-order valence-electron chi connectivity index (χ2n) is 7.32. The van der Waals surface area contributed by atoms with Gasteiger partial charge in [-0.15, -0.1) is 0 Å². The molecule has 6 atom stereocenters. The molecule has 3 heteroatoms. The maximum Gasteiger partial charge on any atom is 0.0676 e. The Labute approximate surface area is 110 Å². The molecule has 2 fully saturated rings. The fourth-order valence-electron chi connectivity index (χ4n) is 4.34. The summed E-state index contributed by atoms with van der Waals surface area (Å²) >= 11 is 0. The maximum absolute atomic E-state index is 10.7. The predicted octanol–water partition coefficient (Wildman–Crippen LogP) is 1.94. The molecule has 6 unspecified atom stereocenters. The highest BCUT2D eigenvalue weighted by molar-refractivity contribution is 5.07. The molecule has 0 spiro atoms. The highest BCUT2D eigenvalue weighted by Crippen LogP contribution is 2.52. The van der Waals surface area contributed by atoms with E-state index < -0.39 is 17.3 Å². The van der Waals surface area contributed by atoms with Crippen LogP contribution in [-0.2, 0) is 0 Å². The van der Waals surface area contributed by atoms with E-state index >= 15 is 0 Å². The molecule has 0 heterocycles. The van der Waals surface area contributed by atoms with Gasteiger partial charge in [-0.1, -0.05) is 13.8 Å². The van der Waals surface area contributed by atoms with E-state index in [-0.39, 0.29) is 17.8 Å². The molecule has 2 aliphatic carbocycles. The molecule has 18 heavy (non-hydrogen) atoms. The number of fused-ring (bicyclic) bond motifs is 1. The van der Waals surface area contributed by atoms with Gasteiger partial charge in [0.1, 0.15) is 0 Å². The minimum absolute atomic E-state index is 0.0197. The molecule has 0 aromatic carbocycles. The van der Waals surface area contributed by atoms with Crippen LogP contribution in [0.25, 0.3) is 0 Å². The van der Waals surface area contributed by atoms with Crippen molar-refractivity contribution in [1.82, 2.24) is 0 Å². The fraction of sp³-hybridized carbons (Fsp3) is 1.00. The lowest BCUT2D eigenvalue weighted by molar-refractivity contribution is -0.101. The zero-order valence-corrected chi connectivity index (χ0v) is 12.1. The first-order chi connectivity index (χ1) is 8.17. The molecule has 0 saturated heterocycles. The van der Waals surface area contributed by atoms with E-state index in [4.69, 9.17) is 0 Å². The summed E-state index contributed by atoms with van der Waals surface area (Å²) in [5.74, 6) is 0.385. The summed E-state index contributed by atoms with van der Waals surface area (Å²) in [6.07, 6.45) is 2.56. The molecule has 0 aliphatic heterocycles. The van der Waals surface area contributed by atoms with Gasteiger partial charge in [0.15, 0.2) is 0 Å². The number of rotatable bonds is 1.